The Labute approximate surface area is 164 Å². The Morgan fingerprint density at radius 1 is 1.07 bits per heavy atom. The number of ether oxygens (including phenoxy) is 1. The van der Waals surface area contributed by atoms with E-state index in [1.807, 2.05) is 35.2 Å². The quantitative estimate of drug-likeness (QED) is 0.817. The largest absolute Gasteiger partial charge is 0.450 e. The number of rotatable bonds is 6. The van der Waals surface area contributed by atoms with E-state index in [4.69, 9.17) is 4.74 Å². The number of hydrogen-bond donors (Lipinski definition) is 1. The van der Waals surface area contributed by atoms with Gasteiger partial charge in [0.15, 0.2) is 0 Å². The number of benzene rings is 1. The number of carbonyl (C=O) groups excluding carboxylic acids is 2. The third-order valence-electron chi connectivity index (χ3n) is 4.54. The number of amides is 2. The molecule has 0 radical (unpaired) electrons. The van der Waals surface area contributed by atoms with E-state index in [0.29, 0.717) is 50.8 Å². The summed E-state index contributed by atoms with van der Waals surface area (Å²) in [6.07, 6.45) is 3.58. The third-order valence-corrected chi connectivity index (χ3v) is 4.54. The molecule has 1 fully saturated rings. The van der Waals surface area contributed by atoms with E-state index < -0.39 is 0 Å². The second kappa shape index (κ2) is 9.68. The van der Waals surface area contributed by atoms with Crippen molar-refractivity contribution in [2.45, 2.75) is 13.3 Å². The van der Waals surface area contributed by atoms with Gasteiger partial charge in [-0.05, 0) is 18.9 Å². The topological polar surface area (TPSA) is 87.7 Å². The van der Waals surface area contributed by atoms with Gasteiger partial charge in [0.1, 0.15) is 11.5 Å². The molecular weight excluding hydrogens is 358 g/mol. The average molecular weight is 383 g/mol. The normalized spacial score (nSPS) is 13.9. The van der Waals surface area contributed by atoms with E-state index in [9.17, 15) is 9.59 Å². The van der Waals surface area contributed by atoms with E-state index in [1.54, 1.807) is 18.0 Å². The van der Waals surface area contributed by atoms with Crippen LogP contribution in [0, 0.1) is 0 Å². The van der Waals surface area contributed by atoms with Crippen LogP contribution in [0.2, 0.25) is 0 Å². The number of anilines is 1. The Kier molecular flexibility index (Phi) is 6.78. The first-order valence-corrected chi connectivity index (χ1v) is 9.48. The third kappa shape index (κ3) is 5.18. The maximum absolute atomic E-state index is 12.2. The minimum atomic E-state index is -0.282. The summed E-state index contributed by atoms with van der Waals surface area (Å²) in [5, 5.41) is 2.86. The highest BCUT2D eigenvalue weighted by molar-refractivity contribution is 5.92. The maximum atomic E-state index is 12.2. The van der Waals surface area contributed by atoms with Gasteiger partial charge >= 0.3 is 6.09 Å². The number of carbonyl (C=O) groups is 2. The van der Waals surface area contributed by atoms with Crippen molar-refractivity contribution in [3.63, 3.8) is 0 Å². The van der Waals surface area contributed by atoms with Crippen molar-refractivity contribution < 1.29 is 14.3 Å². The van der Waals surface area contributed by atoms with E-state index in [2.05, 4.69) is 15.3 Å². The van der Waals surface area contributed by atoms with Crippen LogP contribution >= 0.6 is 0 Å². The average Bonchev–Trinajstić information content (AvgIpc) is 2.75. The van der Waals surface area contributed by atoms with Gasteiger partial charge in [-0.1, -0.05) is 30.3 Å². The first-order valence-electron chi connectivity index (χ1n) is 9.48. The fourth-order valence-corrected chi connectivity index (χ4v) is 2.99. The molecule has 148 valence electrons. The summed E-state index contributed by atoms with van der Waals surface area (Å²) in [5.41, 5.74) is 1.47. The van der Waals surface area contributed by atoms with Crippen molar-refractivity contribution in [1.82, 2.24) is 20.2 Å². The number of piperazine rings is 1. The predicted octanol–water partition coefficient (Wildman–Crippen LogP) is 1.73. The molecule has 2 aromatic rings. The van der Waals surface area contributed by atoms with Crippen LogP contribution in [0.5, 0.6) is 0 Å². The van der Waals surface area contributed by atoms with Crippen LogP contribution in [-0.4, -0.2) is 66.2 Å². The molecule has 0 unspecified atom stereocenters. The van der Waals surface area contributed by atoms with Crippen LogP contribution in [0.15, 0.2) is 42.7 Å². The molecule has 1 N–H and O–H groups in total. The summed E-state index contributed by atoms with van der Waals surface area (Å²) in [6.45, 7) is 5.15. The summed E-state index contributed by atoms with van der Waals surface area (Å²) in [7, 11) is 0. The van der Waals surface area contributed by atoms with Gasteiger partial charge in [0.25, 0.3) is 5.91 Å². The van der Waals surface area contributed by atoms with Crippen LogP contribution in [0.4, 0.5) is 10.6 Å². The number of hydrogen-bond acceptors (Lipinski definition) is 6. The molecule has 2 heterocycles. The van der Waals surface area contributed by atoms with Crippen molar-refractivity contribution >= 4 is 17.8 Å². The van der Waals surface area contributed by atoms with Gasteiger partial charge < -0.3 is 19.9 Å². The fourth-order valence-electron chi connectivity index (χ4n) is 2.99. The number of nitrogens with zero attached hydrogens (tertiary/aromatic N) is 4. The summed E-state index contributed by atoms with van der Waals surface area (Å²) < 4.78 is 5.02. The smallest absolute Gasteiger partial charge is 0.409 e. The van der Waals surface area contributed by atoms with Gasteiger partial charge in [-0.25, -0.2) is 14.8 Å². The van der Waals surface area contributed by atoms with Crippen molar-refractivity contribution in [3.05, 3.63) is 54.0 Å². The highest BCUT2D eigenvalue weighted by atomic mass is 16.6. The zero-order valence-electron chi connectivity index (χ0n) is 16.0. The van der Waals surface area contributed by atoms with E-state index in [-0.39, 0.29) is 12.0 Å². The molecule has 0 bridgehead atoms. The number of aromatic nitrogens is 2. The standard InChI is InChI=1S/C20H25N5O3/c1-2-28-20(27)25-12-10-24(11-13-25)18-15-22-17(14-23-18)19(26)21-9-8-16-6-4-3-5-7-16/h3-7,14-15H,2,8-13H2,1H3,(H,21,26). The second-order valence-electron chi connectivity index (χ2n) is 6.42. The lowest BCUT2D eigenvalue weighted by Gasteiger charge is -2.34. The Bertz CT molecular complexity index is 774. The molecule has 0 aliphatic carbocycles. The predicted molar refractivity (Wildman–Crippen MR) is 105 cm³/mol. The molecule has 8 nitrogen and oxygen atoms in total. The molecule has 1 aliphatic rings. The molecule has 0 spiro atoms. The van der Waals surface area contributed by atoms with Crippen molar-refractivity contribution in [2.24, 2.45) is 0 Å². The molecule has 0 atom stereocenters. The van der Waals surface area contributed by atoms with Crippen LogP contribution in [0.3, 0.4) is 0 Å². The van der Waals surface area contributed by atoms with Crippen LogP contribution < -0.4 is 10.2 Å². The van der Waals surface area contributed by atoms with Gasteiger partial charge in [-0.15, -0.1) is 0 Å². The molecule has 2 amide bonds. The van der Waals surface area contributed by atoms with Crippen molar-refractivity contribution in [3.8, 4) is 0 Å². The van der Waals surface area contributed by atoms with Crippen LogP contribution in [0.25, 0.3) is 0 Å². The van der Waals surface area contributed by atoms with E-state index in [1.165, 1.54) is 11.8 Å². The zero-order chi connectivity index (χ0) is 19.8. The monoisotopic (exact) mass is 383 g/mol. The van der Waals surface area contributed by atoms with Gasteiger partial charge in [0, 0.05) is 32.7 Å². The second-order valence-corrected chi connectivity index (χ2v) is 6.42. The SMILES string of the molecule is CCOC(=O)N1CCN(c2cnc(C(=O)NCCc3ccccc3)cn2)CC1. The lowest BCUT2D eigenvalue weighted by Crippen LogP contribution is -2.49. The highest BCUT2D eigenvalue weighted by Crippen LogP contribution is 2.13. The Morgan fingerprint density at radius 2 is 1.82 bits per heavy atom. The first kappa shape index (κ1) is 19.6. The molecule has 1 aromatic heterocycles. The Hall–Kier alpha value is -3.16. The minimum Gasteiger partial charge on any atom is -0.450 e. The molecule has 8 heteroatoms. The van der Waals surface area contributed by atoms with Gasteiger partial charge in [0.2, 0.25) is 0 Å². The van der Waals surface area contributed by atoms with Gasteiger partial charge in [-0.3, -0.25) is 4.79 Å². The molecule has 1 saturated heterocycles. The van der Waals surface area contributed by atoms with E-state index in [0.717, 1.165) is 6.42 Å². The van der Waals surface area contributed by atoms with Gasteiger partial charge in [0.05, 0.1) is 19.0 Å². The Balaban J connectivity index is 1.47. The summed E-state index contributed by atoms with van der Waals surface area (Å²) in [4.78, 5) is 36.3. The van der Waals surface area contributed by atoms with Crippen LogP contribution in [0.1, 0.15) is 23.0 Å². The maximum Gasteiger partial charge on any atom is 0.409 e. The highest BCUT2D eigenvalue weighted by Gasteiger charge is 2.23. The summed E-state index contributed by atoms with van der Waals surface area (Å²) in [6, 6.07) is 9.99. The van der Waals surface area contributed by atoms with Crippen molar-refractivity contribution in [2.75, 3.05) is 44.2 Å². The molecular formula is C20H25N5O3. The Morgan fingerprint density at radius 3 is 2.46 bits per heavy atom. The summed E-state index contributed by atoms with van der Waals surface area (Å²) in [5.74, 6) is 0.464. The molecule has 28 heavy (non-hydrogen) atoms. The number of nitrogens with one attached hydrogen (secondary N) is 1. The molecule has 1 aliphatic heterocycles. The minimum absolute atomic E-state index is 0.234. The zero-order valence-corrected chi connectivity index (χ0v) is 16.0. The lowest BCUT2D eigenvalue weighted by atomic mass is 10.1. The molecule has 0 saturated carbocycles. The van der Waals surface area contributed by atoms with Gasteiger partial charge in [-0.2, -0.15) is 0 Å². The van der Waals surface area contributed by atoms with Crippen molar-refractivity contribution in [1.29, 1.82) is 0 Å². The fraction of sp³-hybridized carbons (Fsp3) is 0.400. The van der Waals surface area contributed by atoms with E-state index >= 15 is 0 Å². The lowest BCUT2D eigenvalue weighted by molar-refractivity contribution is 0.0947. The molecule has 1 aromatic carbocycles. The summed E-state index contributed by atoms with van der Waals surface area (Å²) >= 11 is 0. The van der Waals surface area contributed by atoms with Crippen LogP contribution in [-0.2, 0) is 11.2 Å². The first-order chi connectivity index (χ1) is 13.7. The molecule has 3 rings (SSSR count).